The van der Waals surface area contributed by atoms with E-state index >= 15 is 0 Å². The highest BCUT2D eigenvalue weighted by Gasteiger charge is 2.31. The number of ether oxygens (including phenoxy) is 1. The second-order valence-electron chi connectivity index (χ2n) is 10.0. The van der Waals surface area contributed by atoms with E-state index < -0.39 is 6.23 Å². The normalized spacial score (nSPS) is 16.6. The summed E-state index contributed by atoms with van der Waals surface area (Å²) in [6.45, 7) is 4.94. The minimum absolute atomic E-state index is 0.193. The Morgan fingerprint density at radius 1 is 1.20 bits per heavy atom. The lowest BCUT2D eigenvalue weighted by Gasteiger charge is -2.34. The molecular weight excluding hydrogens is 442 g/mol. The molecule has 1 aliphatic carbocycles. The fourth-order valence-corrected chi connectivity index (χ4v) is 4.76. The number of anilines is 1. The predicted octanol–water partition coefficient (Wildman–Crippen LogP) is 4.16. The third-order valence-corrected chi connectivity index (χ3v) is 6.97. The molecule has 1 atom stereocenters. The summed E-state index contributed by atoms with van der Waals surface area (Å²) < 4.78 is 7.11. The van der Waals surface area contributed by atoms with E-state index in [0.29, 0.717) is 40.3 Å². The molecule has 1 heterocycles. The molecule has 1 amide bonds. The molecule has 1 saturated carbocycles. The highest BCUT2D eigenvalue weighted by atomic mass is 16.5. The third kappa shape index (κ3) is 5.33. The maximum Gasteiger partial charge on any atom is 0.255 e. The molecule has 0 spiro atoms. The Kier molecular flexibility index (Phi) is 7.14. The van der Waals surface area contributed by atoms with Crippen LogP contribution in [0, 0.1) is 5.41 Å². The van der Waals surface area contributed by atoms with Gasteiger partial charge in [-0.25, -0.2) is 4.68 Å². The van der Waals surface area contributed by atoms with Crippen molar-refractivity contribution in [2.75, 3.05) is 12.8 Å². The van der Waals surface area contributed by atoms with Gasteiger partial charge in [0.15, 0.2) is 0 Å². The summed E-state index contributed by atoms with van der Waals surface area (Å²) in [5.41, 5.74) is 15.9. The number of methoxy groups -OCH3 is 1. The standard InChI is InChI=1S/C27H35N5O3/c1-27(2)14-12-19(13-15-27)32-24(28)22(25(29)33)23(31-32)18-10-8-17(9-11-18)16-30-26(34)20-6-4-5-7-21(20)35-3/h4-11,19,25,33H,12-16,28-29H2,1-3H3,(H,30,34). The van der Waals surface area contributed by atoms with Gasteiger partial charge < -0.3 is 26.6 Å². The Morgan fingerprint density at radius 3 is 2.49 bits per heavy atom. The SMILES string of the molecule is COc1ccccc1C(=O)NCc1ccc(-c2nn(C3CCC(C)(C)CC3)c(N)c2C(N)O)cc1. The van der Waals surface area contributed by atoms with Gasteiger partial charge in [-0.15, -0.1) is 0 Å². The van der Waals surface area contributed by atoms with Crippen LogP contribution in [0.15, 0.2) is 48.5 Å². The van der Waals surface area contributed by atoms with Crippen LogP contribution >= 0.6 is 0 Å². The minimum atomic E-state index is -1.22. The molecule has 1 fully saturated rings. The number of nitrogens with zero attached hydrogens (tertiary/aromatic N) is 2. The average Bonchev–Trinajstić information content (AvgIpc) is 3.20. The largest absolute Gasteiger partial charge is 0.496 e. The molecule has 8 heteroatoms. The van der Waals surface area contributed by atoms with Crippen LogP contribution in [0.25, 0.3) is 11.3 Å². The second-order valence-corrected chi connectivity index (χ2v) is 10.0. The van der Waals surface area contributed by atoms with Gasteiger partial charge in [-0.3, -0.25) is 4.79 Å². The highest BCUT2D eigenvalue weighted by molar-refractivity contribution is 5.96. The first kappa shape index (κ1) is 24.8. The number of nitrogens with two attached hydrogens (primary N) is 2. The van der Waals surface area contributed by atoms with Crippen molar-refractivity contribution in [3.05, 3.63) is 65.2 Å². The molecule has 0 saturated heterocycles. The number of amides is 1. The number of benzene rings is 2. The number of hydrogen-bond donors (Lipinski definition) is 4. The van der Waals surface area contributed by atoms with Crippen LogP contribution in [0.1, 0.15) is 73.3 Å². The van der Waals surface area contributed by atoms with Crippen molar-refractivity contribution < 1.29 is 14.6 Å². The van der Waals surface area contributed by atoms with E-state index in [2.05, 4.69) is 19.2 Å². The van der Waals surface area contributed by atoms with Crippen LogP contribution in [0.4, 0.5) is 5.82 Å². The highest BCUT2D eigenvalue weighted by Crippen LogP contribution is 2.42. The first-order chi connectivity index (χ1) is 16.7. The van der Waals surface area contributed by atoms with Crippen LogP contribution in [-0.4, -0.2) is 27.9 Å². The fourth-order valence-electron chi connectivity index (χ4n) is 4.76. The predicted molar refractivity (Wildman–Crippen MR) is 137 cm³/mol. The molecule has 0 bridgehead atoms. The molecule has 0 aliphatic heterocycles. The van der Waals surface area contributed by atoms with Crippen molar-refractivity contribution in [2.24, 2.45) is 11.1 Å². The maximum absolute atomic E-state index is 12.6. The van der Waals surface area contributed by atoms with Crippen molar-refractivity contribution >= 4 is 11.7 Å². The number of aliphatic hydroxyl groups is 1. The van der Waals surface area contributed by atoms with Gasteiger partial charge >= 0.3 is 0 Å². The number of nitrogens with one attached hydrogen (secondary N) is 1. The Bertz CT molecular complexity index is 1170. The molecule has 1 aliphatic rings. The second kappa shape index (κ2) is 10.1. The number of hydrogen-bond acceptors (Lipinski definition) is 6. The molecule has 1 unspecified atom stereocenters. The van der Waals surface area contributed by atoms with Crippen LogP contribution in [-0.2, 0) is 6.54 Å². The van der Waals surface area contributed by atoms with Gasteiger partial charge in [0.1, 0.15) is 23.5 Å². The summed E-state index contributed by atoms with van der Waals surface area (Å²) >= 11 is 0. The zero-order valence-electron chi connectivity index (χ0n) is 20.6. The summed E-state index contributed by atoms with van der Waals surface area (Å²) in [5.74, 6) is 0.748. The summed E-state index contributed by atoms with van der Waals surface area (Å²) in [5, 5.41) is 18.0. The Hall–Kier alpha value is -3.36. The van der Waals surface area contributed by atoms with E-state index in [1.165, 1.54) is 0 Å². The summed E-state index contributed by atoms with van der Waals surface area (Å²) in [6.07, 6.45) is 2.95. The zero-order chi connectivity index (χ0) is 25.2. The first-order valence-electron chi connectivity index (χ1n) is 12.0. The average molecular weight is 478 g/mol. The summed E-state index contributed by atoms with van der Waals surface area (Å²) in [6, 6.07) is 15.0. The van der Waals surface area contributed by atoms with Crippen molar-refractivity contribution in [1.82, 2.24) is 15.1 Å². The number of carbonyl (C=O) groups excluding carboxylic acids is 1. The number of carbonyl (C=O) groups is 1. The molecule has 1 aromatic heterocycles. The lowest BCUT2D eigenvalue weighted by atomic mass is 9.75. The van der Waals surface area contributed by atoms with Crippen molar-refractivity contribution in [2.45, 2.75) is 58.3 Å². The topological polar surface area (TPSA) is 128 Å². The number of aliphatic hydroxyl groups excluding tert-OH is 1. The molecule has 3 aromatic rings. The van der Waals surface area contributed by atoms with Gasteiger partial charge in [-0.2, -0.15) is 5.10 Å². The van der Waals surface area contributed by atoms with Crippen LogP contribution < -0.4 is 21.5 Å². The number of para-hydroxylation sites is 1. The molecule has 35 heavy (non-hydrogen) atoms. The lowest BCUT2D eigenvalue weighted by molar-refractivity contribution is 0.0948. The number of rotatable bonds is 7. The van der Waals surface area contributed by atoms with Gasteiger partial charge in [0, 0.05) is 12.1 Å². The van der Waals surface area contributed by atoms with Gasteiger partial charge in [-0.05, 0) is 48.8 Å². The van der Waals surface area contributed by atoms with E-state index in [0.717, 1.165) is 36.8 Å². The first-order valence-corrected chi connectivity index (χ1v) is 12.0. The van der Waals surface area contributed by atoms with Gasteiger partial charge in [0.2, 0.25) is 0 Å². The van der Waals surface area contributed by atoms with E-state index in [1.807, 2.05) is 35.0 Å². The molecule has 8 nitrogen and oxygen atoms in total. The number of aromatic nitrogens is 2. The van der Waals surface area contributed by atoms with Crippen molar-refractivity contribution in [3.63, 3.8) is 0 Å². The van der Waals surface area contributed by atoms with Crippen molar-refractivity contribution in [3.8, 4) is 17.0 Å². The van der Waals surface area contributed by atoms with Crippen molar-refractivity contribution in [1.29, 1.82) is 0 Å². The number of nitrogen functional groups attached to an aromatic ring is 1. The molecule has 6 N–H and O–H groups in total. The van der Waals surface area contributed by atoms with E-state index in [4.69, 9.17) is 21.3 Å². The zero-order valence-corrected chi connectivity index (χ0v) is 20.6. The third-order valence-electron chi connectivity index (χ3n) is 6.97. The van der Waals surface area contributed by atoms with Crippen LogP contribution in [0.5, 0.6) is 5.75 Å². The molecule has 2 aromatic carbocycles. The fraction of sp³-hybridized carbons (Fsp3) is 0.407. The smallest absolute Gasteiger partial charge is 0.255 e. The molecule has 0 radical (unpaired) electrons. The van der Waals surface area contributed by atoms with Crippen LogP contribution in [0.3, 0.4) is 0 Å². The minimum Gasteiger partial charge on any atom is -0.496 e. The monoisotopic (exact) mass is 477 g/mol. The van der Waals surface area contributed by atoms with Gasteiger partial charge in [-0.1, -0.05) is 50.2 Å². The maximum atomic E-state index is 12.6. The quantitative estimate of drug-likeness (QED) is 0.378. The van der Waals surface area contributed by atoms with E-state index in [9.17, 15) is 9.90 Å². The van der Waals surface area contributed by atoms with Gasteiger partial charge in [0.05, 0.1) is 24.3 Å². The molecule has 186 valence electrons. The van der Waals surface area contributed by atoms with E-state index in [-0.39, 0.29) is 11.9 Å². The Morgan fingerprint density at radius 2 is 1.86 bits per heavy atom. The Balaban J connectivity index is 1.51. The summed E-state index contributed by atoms with van der Waals surface area (Å²) in [7, 11) is 1.54. The molecule has 4 rings (SSSR count). The lowest BCUT2D eigenvalue weighted by Crippen LogP contribution is -2.25. The summed E-state index contributed by atoms with van der Waals surface area (Å²) in [4.78, 5) is 12.6. The van der Waals surface area contributed by atoms with Crippen LogP contribution in [0.2, 0.25) is 0 Å². The molecular formula is C27H35N5O3. The van der Waals surface area contributed by atoms with E-state index in [1.54, 1.807) is 25.3 Å². The Labute approximate surface area is 206 Å². The van der Waals surface area contributed by atoms with Gasteiger partial charge in [0.25, 0.3) is 5.91 Å².